The standard InChI is InChI=1S/C17H35.CH3.Y/c1-5-16(3)14-12-10-8-7-9-11-13-15-17(4)6-2;;/h16-17H,1,5-15H2,2-4H3;1H3;/q2*-1;. The fraction of sp³-hybridized carbons (Fsp3) is 0.889. The van der Waals surface area contributed by atoms with Crippen LogP contribution in [-0.2, 0) is 32.7 Å². The summed E-state index contributed by atoms with van der Waals surface area (Å²) in [5.74, 6) is 1.78. The van der Waals surface area contributed by atoms with Crippen molar-refractivity contribution in [1.29, 1.82) is 0 Å². The molecule has 115 valence electrons. The predicted molar refractivity (Wildman–Crippen MR) is 86.6 cm³/mol. The Hall–Kier alpha value is 1.10. The van der Waals surface area contributed by atoms with Gasteiger partial charge >= 0.3 is 0 Å². The second-order valence-electron chi connectivity index (χ2n) is 5.96. The summed E-state index contributed by atoms with van der Waals surface area (Å²) in [6.45, 7) is 11.0. The van der Waals surface area contributed by atoms with E-state index in [-0.39, 0.29) is 40.1 Å². The molecule has 0 aromatic carbocycles. The van der Waals surface area contributed by atoms with Gasteiger partial charge in [-0.1, -0.05) is 90.9 Å². The maximum Gasteiger partial charge on any atom is 0 e. The van der Waals surface area contributed by atoms with Gasteiger partial charge in [0.05, 0.1) is 0 Å². The van der Waals surface area contributed by atoms with Gasteiger partial charge in [0.25, 0.3) is 0 Å². The molecule has 1 radical (unpaired) electrons. The maximum atomic E-state index is 3.96. The molecule has 1 heteroatoms. The zero-order valence-electron chi connectivity index (χ0n) is 14.2. The van der Waals surface area contributed by atoms with Crippen molar-refractivity contribution in [2.24, 2.45) is 11.8 Å². The van der Waals surface area contributed by atoms with E-state index in [1.54, 1.807) is 0 Å². The Labute approximate surface area is 149 Å². The van der Waals surface area contributed by atoms with Crippen LogP contribution in [0.2, 0.25) is 0 Å². The third-order valence-corrected chi connectivity index (χ3v) is 4.08. The molecule has 19 heavy (non-hydrogen) atoms. The molecule has 2 atom stereocenters. The molecular formula is C18H38Y-2. The fourth-order valence-electron chi connectivity index (χ4n) is 2.22. The van der Waals surface area contributed by atoms with Crippen LogP contribution in [0.4, 0.5) is 0 Å². The predicted octanol–water partition coefficient (Wildman–Crippen LogP) is 6.85. The first-order chi connectivity index (χ1) is 8.20. The molecule has 0 rings (SSSR count). The third kappa shape index (κ3) is 19.1. The van der Waals surface area contributed by atoms with E-state index < -0.39 is 0 Å². The number of rotatable bonds is 12. The summed E-state index contributed by atoms with van der Waals surface area (Å²) < 4.78 is 0. The van der Waals surface area contributed by atoms with Gasteiger partial charge in [-0.25, -0.2) is 0 Å². The first-order valence-corrected chi connectivity index (χ1v) is 7.99. The minimum atomic E-state index is 0. The van der Waals surface area contributed by atoms with Gasteiger partial charge in [0.1, 0.15) is 0 Å². The first kappa shape index (κ1) is 25.1. The molecule has 0 saturated carbocycles. The molecule has 0 aliphatic heterocycles. The Morgan fingerprint density at radius 1 is 0.737 bits per heavy atom. The minimum Gasteiger partial charge on any atom is -0.358 e. The molecule has 0 heterocycles. The van der Waals surface area contributed by atoms with Crippen molar-refractivity contribution in [3.8, 4) is 0 Å². The molecule has 0 aromatic heterocycles. The van der Waals surface area contributed by atoms with Crippen LogP contribution in [0.1, 0.15) is 91.4 Å². The van der Waals surface area contributed by atoms with Crippen LogP contribution in [0.3, 0.4) is 0 Å². The van der Waals surface area contributed by atoms with Gasteiger partial charge in [-0.2, -0.15) is 6.42 Å². The van der Waals surface area contributed by atoms with Crippen molar-refractivity contribution in [3.05, 3.63) is 14.4 Å². The Bertz CT molecular complexity index is 129. The van der Waals surface area contributed by atoms with E-state index in [2.05, 4.69) is 27.7 Å². The summed E-state index contributed by atoms with van der Waals surface area (Å²) in [5.41, 5.74) is 0. The van der Waals surface area contributed by atoms with E-state index in [4.69, 9.17) is 0 Å². The topological polar surface area (TPSA) is 0 Å². The van der Waals surface area contributed by atoms with Crippen LogP contribution in [0, 0.1) is 26.2 Å². The summed E-state index contributed by atoms with van der Waals surface area (Å²) >= 11 is 0. The SMILES string of the molecule is [CH2-]CC(C)CCCCCCCCCC(C)CC.[CH3-].[Y]. The Morgan fingerprint density at radius 3 is 1.47 bits per heavy atom. The van der Waals surface area contributed by atoms with Crippen molar-refractivity contribution < 1.29 is 32.7 Å². The number of unbranched alkanes of at least 4 members (excludes halogenated alkanes) is 6. The van der Waals surface area contributed by atoms with E-state index in [1.807, 2.05) is 0 Å². The maximum absolute atomic E-state index is 3.96. The van der Waals surface area contributed by atoms with E-state index in [0.717, 1.165) is 18.3 Å². The number of hydrogen-bond acceptors (Lipinski definition) is 0. The molecule has 0 aliphatic rings. The van der Waals surface area contributed by atoms with Gasteiger partial charge in [-0.05, 0) is 5.92 Å². The molecule has 0 aliphatic carbocycles. The average molecular weight is 343 g/mol. The first-order valence-electron chi connectivity index (χ1n) is 7.99. The zero-order valence-corrected chi connectivity index (χ0v) is 17.1. The van der Waals surface area contributed by atoms with Crippen molar-refractivity contribution in [1.82, 2.24) is 0 Å². The monoisotopic (exact) mass is 343 g/mol. The van der Waals surface area contributed by atoms with Crippen molar-refractivity contribution in [3.63, 3.8) is 0 Å². The Balaban J connectivity index is -0.00000128. The van der Waals surface area contributed by atoms with Gasteiger partial charge in [-0.15, -0.1) is 0 Å². The second kappa shape index (κ2) is 19.1. The molecule has 0 saturated heterocycles. The van der Waals surface area contributed by atoms with Crippen molar-refractivity contribution in [2.45, 2.75) is 91.4 Å². The van der Waals surface area contributed by atoms with Crippen LogP contribution in [0.5, 0.6) is 0 Å². The quantitative estimate of drug-likeness (QED) is 0.268. The molecule has 0 fully saturated rings. The number of hydrogen-bond donors (Lipinski definition) is 0. The van der Waals surface area contributed by atoms with Crippen molar-refractivity contribution in [2.75, 3.05) is 0 Å². The third-order valence-electron chi connectivity index (χ3n) is 4.08. The van der Waals surface area contributed by atoms with Gasteiger partial charge in [0.2, 0.25) is 0 Å². The summed E-state index contributed by atoms with van der Waals surface area (Å²) in [6.07, 6.45) is 15.4. The molecule has 2 unspecified atom stereocenters. The van der Waals surface area contributed by atoms with Gasteiger partial charge in [-0.3, -0.25) is 0 Å². The molecule has 0 nitrogen and oxygen atoms in total. The van der Waals surface area contributed by atoms with Gasteiger partial charge in [0, 0.05) is 32.7 Å². The minimum absolute atomic E-state index is 0. The van der Waals surface area contributed by atoms with E-state index in [0.29, 0.717) is 0 Å². The molecule has 0 bridgehead atoms. The van der Waals surface area contributed by atoms with Crippen LogP contribution in [-0.4, -0.2) is 0 Å². The fourth-order valence-corrected chi connectivity index (χ4v) is 2.22. The molecule has 0 aromatic rings. The Kier molecular flexibility index (Phi) is 25.2. The van der Waals surface area contributed by atoms with Crippen LogP contribution in [0.15, 0.2) is 0 Å². The van der Waals surface area contributed by atoms with E-state index in [1.165, 1.54) is 64.2 Å². The zero-order chi connectivity index (χ0) is 12.9. The normalized spacial score (nSPS) is 13.3. The van der Waals surface area contributed by atoms with Crippen LogP contribution < -0.4 is 0 Å². The van der Waals surface area contributed by atoms with E-state index >= 15 is 0 Å². The molecule has 0 spiro atoms. The molecule has 0 amide bonds. The molecule has 0 N–H and O–H groups in total. The van der Waals surface area contributed by atoms with Crippen molar-refractivity contribution >= 4 is 0 Å². The summed E-state index contributed by atoms with van der Waals surface area (Å²) in [5, 5.41) is 0. The average Bonchev–Trinajstić information content (AvgIpc) is 2.35. The van der Waals surface area contributed by atoms with Gasteiger partial charge in [0.15, 0.2) is 0 Å². The summed E-state index contributed by atoms with van der Waals surface area (Å²) in [4.78, 5) is 0. The van der Waals surface area contributed by atoms with Crippen LogP contribution >= 0.6 is 0 Å². The Morgan fingerprint density at radius 2 is 1.11 bits per heavy atom. The summed E-state index contributed by atoms with van der Waals surface area (Å²) in [7, 11) is 0. The largest absolute Gasteiger partial charge is 0.358 e. The summed E-state index contributed by atoms with van der Waals surface area (Å²) in [6, 6.07) is 0. The second-order valence-corrected chi connectivity index (χ2v) is 5.96. The molecular weight excluding hydrogens is 305 g/mol. The van der Waals surface area contributed by atoms with E-state index in [9.17, 15) is 0 Å². The smallest absolute Gasteiger partial charge is 0 e. The van der Waals surface area contributed by atoms with Gasteiger partial charge < -0.3 is 14.4 Å². The van der Waals surface area contributed by atoms with Crippen LogP contribution in [0.25, 0.3) is 0 Å².